The second-order valence-electron chi connectivity index (χ2n) is 6.05. The maximum atomic E-state index is 10.5. The van der Waals surface area contributed by atoms with Gasteiger partial charge in [-0.25, -0.2) is 0 Å². The lowest BCUT2D eigenvalue weighted by atomic mass is 10.2. The summed E-state index contributed by atoms with van der Waals surface area (Å²) in [5.74, 6) is 0. The van der Waals surface area contributed by atoms with Crippen molar-refractivity contribution >= 4 is 20.2 Å². The molecule has 0 heterocycles. The van der Waals surface area contributed by atoms with Crippen molar-refractivity contribution < 1.29 is 25.9 Å². The number of rotatable bonds is 2. The van der Waals surface area contributed by atoms with Gasteiger partial charge < -0.3 is 0 Å². The molecule has 0 unspecified atom stereocenters. The van der Waals surface area contributed by atoms with E-state index in [0.29, 0.717) is 5.56 Å². The fourth-order valence-corrected chi connectivity index (χ4v) is 2.89. The van der Waals surface area contributed by atoms with Gasteiger partial charge in [0.05, 0.1) is 21.4 Å². The Hall–Kier alpha value is -3.03. The number of benzene rings is 3. The van der Waals surface area contributed by atoms with Crippen LogP contribution in [0.3, 0.4) is 0 Å². The second kappa shape index (κ2) is 11.2. The van der Waals surface area contributed by atoms with Crippen molar-refractivity contribution in [3.63, 3.8) is 0 Å². The van der Waals surface area contributed by atoms with Crippen LogP contribution in [0, 0.1) is 25.2 Å². The van der Waals surface area contributed by atoms with Gasteiger partial charge in [-0.3, -0.25) is 9.11 Å². The summed E-state index contributed by atoms with van der Waals surface area (Å²) in [6, 6.07) is 23.1. The molecule has 158 valence electrons. The first-order valence-electron chi connectivity index (χ1n) is 8.47. The van der Waals surface area contributed by atoms with Crippen LogP contribution in [0.2, 0.25) is 0 Å². The summed E-state index contributed by atoms with van der Waals surface area (Å²) in [4.78, 5) is -0.133. The molecule has 0 radical (unpaired) electrons. The third kappa shape index (κ3) is 9.45. The van der Waals surface area contributed by atoms with Gasteiger partial charge in [-0.1, -0.05) is 53.6 Å². The number of hydrogen-bond acceptors (Lipinski definition) is 5. The minimum atomic E-state index is -4.02. The molecule has 0 aliphatic carbocycles. The molecular weight excluding hydrogens is 426 g/mol. The summed E-state index contributed by atoms with van der Waals surface area (Å²) in [5, 5.41) is 8.29. The predicted octanol–water partition coefficient (Wildman–Crippen LogP) is 4.04. The maximum Gasteiger partial charge on any atom is 0.294 e. The van der Waals surface area contributed by atoms with Gasteiger partial charge in [0, 0.05) is 0 Å². The quantitative estimate of drug-likeness (QED) is 0.566. The number of hydrogen-bond donors (Lipinski definition) is 2. The molecule has 0 fully saturated rings. The van der Waals surface area contributed by atoms with Crippen LogP contribution in [0.1, 0.15) is 16.7 Å². The fraction of sp³-hybridized carbons (Fsp3) is 0.0952. The summed E-state index contributed by atoms with van der Waals surface area (Å²) in [5.41, 5.74) is 2.63. The minimum absolute atomic E-state index is 0.0666. The first-order valence-corrected chi connectivity index (χ1v) is 11.3. The zero-order valence-electron chi connectivity index (χ0n) is 16.3. The van der Waals surface area contributed by atoms with Gasteiger partial charge in [0.15, 0.2) is 0 Å². The summed E-state index contributed by atoms with van der Waals surface area (Å²) in [6.45, 7) is 3.68. The molecule has 0 amide bonds. The molecule has 0 bridgehead atoms. The second-order valence-corrected chi connectivity index (χ2v) is 8.90. The highest BCUT2D eigenvalue weighted by molar-refractivity contribution is 7.86. The molecule has 9 heteroatoms. The Morgan fingerprint density at radius 3 is 1.20 bits per heavy atom. The lowest BCUT2D eigenvalue weighted by Crippen LogP contribution is -1.96. The molecule has 7 nitrogen and oxygen atoms in total. The molecule has 0 aliphatic heterocycles. The van der Waals surface area contributed by atoms with E-state index in [1.165, 1.54) is 24.3 Å². The molecule has 3 aromatic carbocycles. The molecule has 3 rings (SSSR count). The minimum Gasteiger partial charge on any atom is -0.282 e. The topological polar surface area (TPSA) is 133 Å². The highest BCUT2D eigenvalue weighted by Crippen LogP contribution is 2.09. The SMILES string of the molecule is Cc1ccc(S(=O)(=O)O)cc1.Cc1ccc(S(=O)(=O)O)cc1.N#Cc1ccccc1. The van der Waals surface area contributed by atoms with E-state index in [-0.39, 0.29) is 9.79 Å². The largest absolute Gasteiger partial charge is 0.294 e. The van der Waals surface area contributed by atoms with Crippen LogP contribution in [-0.2, 0) is 20.2 Å². The van der Waals surface area contributed by atoms with Gasteiger partial charge in [0.2, 0.25) is 0 Å². The Morgan fingerprint density at radius 1 is 0.633 bits per heavy atom. The van der Waals surface area contributed by atoms with Gasteiger partial charge in [0.1, 0.15) is 0 Å². The number of aryl methyl sites for hydroxylation is 2. The average molecular weight is 448 g/mol. The van der Waals surface area contributed by atoms with Crippen LogP contribution in [0.15, 0.2) is 88.7 Å². The van der Waals surface area contributed by atoms with Crippen LogP contribution < -0.4 is 0 Å². The van der Waals surface area contributed by atoms with E-state index in [1.807, 2.05) is 38.1 Å². The molecule has 3 aromatic rings. The van der Waals surface area contributed by atoms with E-state index < -0.39 is 20.2 Å². The van der Waals surface area contributed by atoms with E-state index in [0.717, 1.165) is 11.1 Å². The van der Waals surface area contributed by atoms with Crippen LogP contribution >= 0.6 is 0 Å². The van der Waals surface area contributed by atoms with E-state index in [9.17, 15) is 16.8 Å². The van der Waals surface area contributed by atoms with Crippen LogP contribution in [0.25, 0.3) is 0 Å². The standard InChI is InChI=1S/C7H5N.2C7H8O3S/c8-6-7-4-2-1-3-5-7;2*1-6-2-4-7(5-3-6)11(8,9)10/h1-5H;2*2-5H,1H3,(H,8,9,10). The van der Waals surface area contributed by atoms with Crippen molar-refractivity contribution in [2.24, 2.45) is 0 Å². The van der Waals surface area contributed by atoms with Gasteiger partial charge >= 0.3 is 0 Å². The molecule has 30 heavy (non-hydrogen) atoms. The maximum absolute atomic E-state index is 10.5. The summed E-state index contributed by atoms with van der Waals surface area (Å²) >= 11 is 0. The zero-order chi connectivity index (χ0) is 22.8. The van der Waals surface area contributed by atoms with Crippen molar-refractivity contribution in [3.8, 4) is 6.07 Å². The van der Waals surface area contributed by atoms with Gasteiger partial charge in [-0.2, -0.15) is 22.1 Å². The van der Waals surface area contributed by atoms with Crippen LogP contribution in [0.5, 0.6) is 0 Å². The van der Waals surface area contributed by atoms with Crippen molar-refractivity contribution in [2.75, 3.05) is 0 Å². The third-order valence-corrected chi connectivity index (χ3v) is 5.28. The predicted molar refractivity (Wildman–Crippen MR) is 113 cm³/mol. The van der Waals surface area contributed by atoms with E-state index in [4.69, 9.17) is 14.4 Å². The molecular formula is C21H21NO6S2. The number of nitriles is 1. The van der Waals surface area contributed by atoms with E-state index in [2.05, 4.69) is 0 Å². The fourth-order valence-electron chi connectivity index (χ4n) is 1.93. The number of nitrogens with zero attached hydrogens (tertiary/aromatic N) is 1. The summed E-state index contributed by atoms with van der Waals surface area (Å²) in [7, 11) is -8.04. The lowest BCUT2D eigenvalue weighted by Gasteiger charge is -1.95. The van der Waals surface area contributed by atoms with Crippen LogP contribution in [0.4, 0.5) is 0 Å². The molecule has 0 aromatic heterocycles. The highest BCUT2D eigenvalue weighted by atomic mass is 32.2. The zero-order valence-corrected chi connectivity index (χ0v) is 17.9. The van der Waals surface area contributed by atoms with Crippen LogP contribution in [-0.4, -0.2) is 25.9 Å². The summed E-state index contributed by atoms with van der Waals surface area (Å²) in [6.07, 6.45) is 0. The Labute approximate surface area is 176 Å². The Balaban J connectivity index is 0.000000228. The highest BCUT2D eigenvalue weighted by Gasteiger charge is 2.07. The smallest absolute Gasteiger partial charge is 0.282 e. The van der Waals surface area contributed by atoms with Gasteiger partial charge in [0.25, 0.3) is 20.2 Å². The third-order valence-electron chi connectivity index (χ3n) is 3.54. The lowest BCUT2D eigenvalue weighted by molar-refractivity contribution is 0.481. The van der Waals surface area contributed by atoms with Gasteiger partial charge in [-0.15, -0.1) is 0 Å². The average Bonchev–Trinajstić information content (AvgIpc) is 2.69. The molecule has 0 atom stereocenters. The van der Waals surface area contributed by atoms with E-state index in [1.54, 1.807) is 36.4 Å². The molecule has 0 spiro atoms. The molecule has 0 saturated carbocycles. The first kappa shape index (κ1) is 25.0. The summed E-state index contributed by atoms with van der Waals surface area (Å²) < 4.78 is 59.1. The molecule has 0 saturated heterocycles. The van der Waals surface area contributed by atoms with Gasteiger partial charge in [-0.05, 0) is 50.2 Å². The normalized spacial score (nSPS) is 10.5. The van der Waals surface area contributed by atoms with Crippen molar-refractivity contribution in [1.29, 1.82) is 5.26 Å². The van der Waals surface area contributed by atoms with Crippen molar-refractivity contribution in [3.05, 3.63) is 95.6 Å². The van der Waals surface area contributed by atoms with Crippen molar-refractivity contribution in [2.45, 2.75) is 23.6 Å². The Morgan fingerprint density at radius 2 is 0.967 bits per heavy atom. The monoisotopic (exact) mass is 447 g/mol. The first-order chi connectivity index (χ1) is 13.9. The van der Waals surface area contributed by atoms with Crippen molar-refractivity contribution in [1.82, 2.24) is 0 Å². The Kier molecular flexibility index (Phi) is 9.36. The molecule has 2 N–H and O–H groups in total. The Bertz CT molecular complexity index is 1110. The van der Waals surface area contributed by atoms with E-state index >= 15 is 0 Å². The molecule has 0 aliphatic rings.